The monoisotopic (exact) mass is 289 g/mol. The minimum atomic E-state index is -0.700. The summed E-state index contributed by atoms with van der Waals surface area (Å²) < 4.78 is 11.1. The van der Waals surface area contributed by atoms with Crippen molar-refractivity contribution in [2.24, 2.45) is 5.73 Å². The zero-order chi connectivity index (χ0) is 15.4. The Morgan fingerprint density at radius 3 is 2.43 bits per heavy atom. The molecule has 2 N–H and O–H groups in total. The molecule has 0 bridgehead atoms. The lowest BCUT2D eigenvalue weighted by atomic mass is 10.2. The molecule has 0 saturated carbocycles. The van der Waals surface area contributed by atoms with Crippen molar-refractivity contribution in [1.82, 2.24) is 9.78 Å². The van der Waals surface area contributed by atoms with Crippen LogP contribution in [0.2, 0.25) is 0 Å². The van der Waals surface area contributed by atoms with Gasteiger partial charge in [0, 0.05) is 6.07 Å². The molecule has 0 saturated heterocycles. The van der Waals surface area contributed by atoms with Crippen LogP contribution in [0.1, 0.15) is 26.5 Å². The van der Waals surface area contributed by atoms with Gasteiger partial charge < -0.3 is 15.2 Å². The summed E-state index contributed by atoms with van der Waals surface area (Å²) in [5, 5.41) is 4.03. The first-order valence-corrected chi connectivity index (χ1v) is 6.14. The fourth-order valence-corrected chi connectivity index (χ4v) is 1.83. The van der Waals surface area contributed by atoms with Gasteiger partial charge in [0.2, 0.25) is 0 Å². The first kappa shape index (κ1) is 14.6. The van der Waals surface area contributed by atoms with Gasteiger partial charge >= 0.3 is 5.97 Å². The van der Waals surface area contributed by atoms with Crippen LogP contribution in [-0.2, 0) is 11.3 Å². The molecule has 1 heterocycles. The summed E-state index contributed by atoms with van der Waals surface area (Å²) >= 11 is 0. The second kappa shape index (κ2) is 6.08. The van der Waals surface area contributed by atoms with Gasteiger partial charge in [0.1, 0.15) is 11.4 Å². The molecule has 2 rings (SSSR count). The molecule has 0 spiro atoms. The molecule has 0 aliphatic heterocycles. The third-order valence-corrected chi connectivity index (χ3v) is 2.92. The van der Waals surface area contributed by atoms with E-state index >= 15 is 0 Å². The van der Waals surface area contributed by atoms with Crippen molar-refractivity contribution in [2.45, 2.75) is 6.54 Å². The lowest BCUT2D eigenvalue weighted by Crippen LogP contribution is -2.14. The number of rotatable bonds is 5. The topological polar surface area (TPSA) is 96.4 Å². The Hall–Kier alpha value is -2.83. The zero-order valence-corrected chi connectivity index (χ0v) is 11.7. The number of amides is 1. The third-order valence-electron chi connectivity index (χ3n) is 2.92. The maximum absolute atomic E-state index is 11.7. The van der Waals surface area contributed by atoms with Gasteiger partial charge in [0.05, 0.1) is 20.8 Å². The smallest absolute Gasteiger partial charge is 0.356 e. The number of hydrogen-bond donors (Lipinski definition) is 1. The number of primary amides is 1. The van der Waals surface area contributed by atoms with E-state index in [1.165, 1.54) is 17.9 Å². The standard InChI is InChI=1S/C14H15N3O4/c1-20-10-5-3-9(4-6-10)8-17-12(14(19)21-2)7-11(16-17)13(15)18/h3-7H,8H2,1-2H3,(H2,15,18). The molecule has 2 aromatic rings. The molecule has 1 aromatic heterocycles. The highest BCUT2D eigenvalue weighted by molar-refractivity contribution is 5.95. The van der Waals surface area contributed by atoms with Crippen LogP contribution in [-0.4, -0.2) is 35.9 Å². The highest BCUT2D eigenvalue weighted by atomic mass is 16.5. The summed E-state index contributed by atoms with van der Waals surface area (Å²) in [6, 6.07) is 8.59. The van der Waals surface area contributed by atoms with E-state index in [1.54, 1.807) is 19.2 Å². The van der Waals surface area contributed by atoms with Gasteiger partial charge in [-0.3, -0.25) is 9.48 Å². The quantitative estimate of drug-likeness (QED) is 0.822. The second-order valence-corrected chi connectivity index (χ2v) is 4.28. The number of nitrogens with zero attached hydrogens (tertiary/aromatic N) is 2. The molecule has 0 aliphatic carbocycles. The SMILES string of the molecule is COC(=O)c1cc(C(N)=O)nn1Cc1ccc(OC)cc1. The summed E-state index contributed by atoms with van der Waals surface area (Å²) in [5.74, 6) is -0.553. The number of ether oxygens (including phenoxy) is 2. The fraction of sp³-hybridized carbons (Fsp3) is 0.214. The van der Waals surface area contributed by atoms with Gasteiger partial charge in [-0.15, -0.1) is 0 Å². The molecule has 1 aromatic carbocycles. The Morgan fingerprint density at radius 2 is 1.90 bits per heavy atom. The van der Waals surface area contributed by atoms with Crippen LogP contribution in [0.3, 0.4) is 0 Å². The Labute approximate surface area is 121 Å². The first-order valence-electron chi connectivity index (χ1n) is 6.14. The highest BCUT2D eigenvalue weighted by Gasteiger charge is 2.18. The number of nitrogens with two attached hydrogens (primary N) is 1. The molecule has 0 radical (unpaired) electrons. The number of aromatic nitrogens is 2. The lowest BCUT2D eigenvalue weighted by molar-refractivity contribution is 0.0587. The van der Waals surface area contributed by atoms with E-state index in [0.29, 0.717) is 6.54 Å². The maximum Gasteiger partial charge on any atom is 0.356 e. The van der Waals surface area contributed by atoms with Crippen LogP contribution in [0, 0.1) is 0 Å². The number of hydrogen-bond acceptors (Lipinski definition) is 5. The van der Waals surface area contributed by atoms with Crippen molar-refractivity contribution in [3.63, 3.8) is 0 Å². The number of esters is 1. The van der Waals surface area contributed by atoms with Gasteiger partial charge in [0.25, 0.3) is 5.91 Å². The molecule has 0 atom stereocenters. The summed E-state index contributed by atoms with van der Waals surface area (Å²) in [4.78, 5) is 22.9. The maximum atomic E-state index is 11.7. The third kappa shape index (κ3) is 3.19. The average molecular weight is 289 g/mol. The van der Waals surface area contributed by atoms with Crippen LogP contribution in [0.25, 0.3) is 0 Å². The van der Waals surface area contributed by atoms with Crippen LogP contribution in [0.15, 0.2) is 30.3 Å². The van der Waals surface area contributed by atoms with E-state index < -0.39 is 11.9 Å². The normalized spacial score (nSPS) is 10.2. The first-order chi connectivity index (χ1) is 10.0. The van der Waals surface area contributed by atoms with Gasteiger partial charge in [-0.05, 0) is 17.7 Å². The molecule has 21 heavy (non-hydrogen) atoms. The molecule has 0 fully saturated rings. The summed E-state index contributed by atoms with van der Waals surface area (Å²) in [7, 11) is 2.84. The van der Waals surface area contributed by atoms with E-state index in [9.17, 15) is 9.59 Å². The number of methoxy groups -OCH3 is 2. The van der Waals surface area contributed by atoms with Gasteiger partial charge in [-0.25, -0.2) is 4.79 Å². The lowest BCUT2D eigenvalue weighted by Gasteiger charge is -2.07. The van der Waals surface area contributed by atoms with Crippen molar-refractivity contribution >= 4 is 11.9 Å². The fourth-order valence-electron chi connectivity index (χ4n) is 1.83. The molecule has 7 heteroatoms. The predicted octanol–water partition coefficient (Wildman–Crippen LogP) is 0.825. The van der Waals surface area contributed by atoms with E-state index in [2.05, 4.69) is 9.84 Å². The van der Waals surface area contributed by atoms with Crippen molar-refractivity contribution in [3.05, 3.63) is 47.3 Å². The highest BCUT2D eigenvalue weighted by Crippen LogP contribution is 2.14. The number of carbonyl (C=O) groups excluding carboxylic acids is 2. The Bertz CT molecular complexity index is 661. The zero-order valence-electron chi connectivity index (χ0n) is 11.7. The largest absolute Gasteiger partial charge is 0.497 e. The van der Waals surface area contributed by atoms with E-state index in [4.69, 9.17) is 10.5 Å². The molecule has 1 amide bonds. The Balaban J connectivity index is 2.32. The van der Waals surface area contributed by atoms with Gasteiger partial charge in [0.15, 0.2) is 5.69 Å². The van der Waals surface area contributed by atoms with Crippen LogP contribution >= 0.6 is 0 Å². The van der Waals surface area contributed by atoms with Crippen LogP contribution in [0.5, 0.6) is 5.75 Å². The minimum absolute atomic E-state index is 0.0175. The molecule has 0 unspecified atom stereocenters. The predicted molar refractivity (Wildman–Crippen MR) is 74.2 cm³/mol. The van der Waals surface area contributed by atoms with Gasteiger partial charge in [-0.2, -0.15) is 5.10 Å². The van der Waals surface area contributed by atoms with Crippen LogP contribution in [0.4, 0.5) is 0 Å². The van der Waals surface area contributed by atoms with E-state index in [1.807, 2.05) is 12.1 Å². The summed E-state index contributed by atoms with van der Waals surface area (Å²) in [6.07, 6.45) is 0. The molecule has 0 aliphatic rings. The van der Waals surface area contributed by atoms with Crippen LogP contribution < -0.4 is 10.5 Å². The average Bonchev–Trinajstić information content (AvgIpc) is 2.91. The summed E-state index contributed by atoms with van der Waals surface area (Å²) in [6.45, 7) is 0.307. The molecular weight excluding hydrogens is 274 g/mol. The van der Waals surface area contributed by atoms with E-state index in [0.717, 1.165) is 11.3 Å². The number of carbonyl (C=O) groups is 2. The number of benzene rings is 1. The van der Waals surface area contributed by atoms with Crippen molar-refractivity contribution in [1.29, 1.82) is 0 Å². The second-order valence-electron chi connectivity index (χ2n) is 4.28. The molecule has 7 nitrogen and oxygen atoms in total. The van der Waals surface area contributed by atoms with Crippen molar-refractivity contribution < 1.29 is 19.1 Å². The Morgan fingerprint density at radius 1 is 1.24 bits per heavy atom. The summed E-state index contributed by atoms with van der Waals surface area (Å²) in [5.41, 5.74) is 6.26. The molecular formula is C14H15N3O4. The minimum Gasteiger partial charge on any atom is -0.497 e. The van der Waals surface area contributed by atoms with Gasteiger partial charge in [-0.1, -0.05) is 12.1 Å². The van der Waals surface area contributed by atoms with Crippen molar-refractivity contribution in [3.8, 4) is 5.75 Å². The Kier molecular flexibility index (Phi) is 4.22. The molecule has 110 valence electrons. The van der Waals surface area contributed by atoms with E-state index in [-0.39, 0.29) is 11.4 Å². The van der Waals surface area contributed by atoms with Crippen molar-refractivity contribution in [2.75, 3.05) is 14.2 Å².